The molecule has 6 nitrogen and oxygen atoms in total. The van der Waals surface area contributed by atoms with Gasteiger partial charge >= 0.3 is 10.2 Å². The van der Waals surface area contributed by atoms with E-state index in [1.165, 1.54) is 0 Å². The Hall–Kier alpha value is -1.47. The minimum Gasteiger partial charge on any atom is -0.384 e. The van der Waals surface area contributed by atoms with Crippen LogP contribution in [0, 0.1) is 0 Å². The van der Waals surface area contributed by atoms with Crippen LogP contribution < -0.4 is 20.9 Å². The van der Waals surface area contributed by atoms with E-state index in [-0.39, 0.29) is 5.82 Å². The van der Waals surface area contributed by atoms with Crippen LogP contribution in [0.5, 0.6) is 0 Å². The molecule has 0 bridgehead atoms. The molecule has 2 aliphatic rings. The number of hydrogen-bond acceptors (Lipinski definition) is 4. The Bertz CT molecular complexity index is 533. The van der Waals surface area contributed by atoms with Crippen molar-refractivity contribution in [3.05, 3.63) is 35.3 Å². The van der Waals surface area contributed by atoms with Gasteiger partial charge < -0.3 is 11.5 Å². The van der Waals surface area contributed by atoms with E-state index in [0.717, 1.165) is 6.42 Å². The summed E-state index contributed by atoms with van der Waals surface area (Å²) in [7, 11) is -3.61. The number of allylic oxidation sites excluding steroid dienone is 2. The van der Waals surface area contributed by atoms with Crippen LogP contribution in [0.3, 0.4) is 0 Å². The summed E-state index contributed by atoms with van der Waals surface area (Å²) in [5.74, 6) is 0.0929. The molecule has 0 saturated carbocycles. The van der Waals surface area contributed by atoms with Crippen LogP contribution in [-0.4, -0.2) is 14.0 Å². The number of rotatable bonds is 2. The third kappa shape index (κ3) is 2.03. The van der Waals surface area contributed by atoms with Crippen LogP contribution in [0.4, 0.5) is 0 Å². The highest BCUT2D eigenvalue weighted by Crippen LogP contribution is 2.32. The third-order valence-corrected chi connectivity index (χ3v) is 3.79. The predicted molar refractivity (Wildman–Crippen MR) is 65.5 cm³/mol. The summed E-state index contributed by atoms with van der Waals surface area (Å²) in [6.07, 6.45) is 6.80. The highest BCUT2D eigenvalue weighted by molar-refractivity contribution is 7.87. The van der Waals surface area contributed by atoms with Crippen molar-refractivity contribution >= 4 is 10.2 Å². The fraction of sp³-hybridized carbons (Fsp3) is 0.400. The van der Waals surface area contributed by atoms with E-state index in [1.807, 2.05) is 13.0 Å². The van der Waals surface area contributed by atoms with Crippen molar-refractivity contribution in [2.24, 2.45) is 11.5 Å². The maximum atomic E-state index is 11.4. The molecule has 1 heterocycles. The maximum absolute atomic E-state index is 11.4. The van der Waals surface area contributed by atoms with Crippen LogP contribution in [0.15, 0.2) is 35.3 Å². The summed E-state index contributed by atoms with van der Waals surface area (Å²) < 4.78 is 27.5. The van der Waals surface area contributed by atoms with Gasteiger partial charge in [0.2, 0.25) is 0 Å². The van der Waals surface area contributed by atoms with Crippen molar-refractivity contribution in [3.8, 4) is 0 Å². The highest BCUT2D eigenvalue weighted by atomic mass is 32.2. The Morgan fingerprint density at radius 3 is 2.76 bits per heavy atom. The quantitative estimate of drug-likeness (QED) is 0.536. The van der Waals surface area contributed by atoms with Crippen molar-refractivity contribution in [2.75, 3.05) is 0 Å². The summed E-state index contributed by atoms with van der Waals surface area (Å²) in [6, 6.07) is 0. The lowest BCUT2D eigenvalue weighted by molar-refractivity contribution is 0.528. The van der Waals surface area contributed by atoms with Crippen LogP contribution in [0.25, 0.3) is 0 Å². The average Bonchev–Trinajstić information content (AvgIpc) is 2.14. The first-order valence-corrected chi connectivity index (χ1v) is 6.86. The molecule has 0 aromatic heterocycles. The third-order valence-electron chi connectivity index (χ3n) is 2.81. The molecule has 0 saturated heterocycles. The van der Waals surface area contributed by atoms with Gasteiger partial charge in [0, 0.05) is 5.57 Å². The maximum Gasteiger partial charge on any atom is 0.322 e. The van der Waals surface area contributed by atoms with Gasteiger partial charge in [0.1, 0.15) is 5.82 Å². The van der Waals surface area contributed by atoms with Gasteiger partial charge in [-0.25, -0.2) is 0 Å². The Kier molecular flexibility index (Phi) is 2.67. The minimum atomic E-state index is -3.61. The largest absolute Gasteiger partial charge is 0.384 e. The van der Waals surface area contributed by atoms with Crippen LogP contribution in [0.1, 0.15) is 19.8 Å². The molecule has 6 N–H and O–H groups in total. The Morgan fingerprint density at radius 2 is 2.12 bits per heavy atom. The topological polar surface area (TPSA) is 110 Å². The highest BCUT2D eigenvalue weighted by Gasteiger charge is 2.37. The summed E-state index contributed by atoms with van der Waals surface area (Å²) in [5, 5.41) is 0. The molecule has 0 fully saturated rings. The normalized spacial score (nSPS) is 30.1. The van der Waals surface area contributed by atoms with E-state index >= 15 is 0 Å². The zero-order valence-electron chi connectivity index (χ0n) is 9.53. The van der Waals surface area contributed by atoms with Crippen LogP contribution in [-0.2, 0) is 10.2 Å². The fourth-order valence-electron chi connectivity index (χ4n) is 2.20. The second-order valence-corrected chi connectivity index (χ2v) is 5.64. The molecule has 7 heteroatoms. The molecule has 0 amide bonds. The van der Waals surface area contributed by atoms with Gasteiger partial charge in [-0.1, -0.05) is 25.5 Å². The standard InChI is InChI=1S/C10H16N4O2S/c1-2-5-10(12)6-3-4-7-8(10)9(11)14-17(15,16)13-7/h3-4,6,13-14H,2,5,11-12H2,1H3. The molecule has 1 aliphatic heterocycles. The average molecular weight is 256 g/mol. The second kappa shape index (κ2) is 3.78. The van der Waals surface area contributed by atoms with Gasteiger partial charge in [0.15, 0.2) is 0 Å². The van der Waals surface area contributed by atoms with E-state index in [9.17, 15) is 8.42 Å². The molecule has 1 atom stereocenters. The molecule has 2 rings (SSSR count). The first kappa shape index (κ1) is 12.0. The number of hydrogen-bond donors (Lipinski definition) is 4. The second-order valence-electron chi connectivity index (χ2n) is 4.23. The fourth-order valence-corrected chi connectivity index (χ4v) is 3.10. The van der Waals surface area contributed by atoms with E-state index in [4.69, 9.17) is 11.5 Å². The molecule has 0 aromatic carbocycles. The SMILES string of the molecule is CCCC1(N)C=CC=C2NS(=O)(=O)NC(N)=C21. The van der Waals surface area contributed by atoms with E-state index in [1.54, 1.807) is 12.2 Å². The zero-order chi connectivity index (χ0) is 12.7. The molecule has 17 heavy (non-hydrogen) atoms. The summed E-state index contributed by atoms with van der Waals surface area (Å²) in [6.45, 7) is 2.01. The monoisotopic (exact) mass is 256 g/mol. The van der Waals surface area contributed by atoms with Gasteiger partial charge in [-0.15, -0.1) is 0 Å². The summed E-state index contributed by atoms with van der Waals surface area (Å²) in [5.41, 5.74) is 12.4. The Labute approximate surface area is 101 Å². The van der Waals surface area contributed by atoms with Gasteiger partial charge in [-0.3, -0.25) is 9.44 Å². The molecule has 94 valence electrons. The van der Waals surface area contributed by atoms with Gasteiger partial charge in [0.25, 0.3) is 0 Å². The summed E-state index contributed by atoms with van der Waals surface area (Å²) >= 11 is 0. The van der Waals surface area contributed by atoms with Crippen LogP contribution >= 0.6 is 0 Å². The van der Waals surface area contributed by atoms with Crippen LogP contribution in [0.2, 0.25) is 0 Å². The molecule has 0 spiro atoms. The van der Waals surface area contributed by atoms with E-state index in [2.05, 4.69) is 9.44 Å². The lowest BCUT2D eigenvalue weighted by Gasteiger charge is -2.36. The lowest BCUT2D eigenvalue weighted by Crippen LogP contribution is -2.52. The zero-order valence-corrected chi connectivity index (χ0v) is 10.3. The van der Waals surface area contributed by atoms with Gasteiger partial charge in [-0.2, -0.15) is 8.42 Å². The van der Waals surface area contributed by atoms with Crippen molar-refractivity contribution < 1.29 is 8.42 Å². The van der Waals surface area contributed by atoms with E-state index in [0.29, 0.717) is 17.7 Å². The van der Waals surface area contributed by atoms with Gasteiger partial charge in [-0.05, 0) is 12.5 Å². The number of nitrogens with two attached hydrogens (primary N) is 2. The lowest BCUT2D eigenvalue weighted by atomic mass is 9.81. The Morgan fingerprint density at radius 1 is 1.41 bits per heavy atom. The molecular weight excluding hydrogens is 240 g/mol. The first-order valence-electron chi connectivity index (χ1n) is 5.37. The van der Waals surface area contributed by atoms with Gasteiger partial charge in [0.05, 0.1) is 11.2 Å². The predicted octanol–water partition coefficient (Wildman–Crippen LogP) is -0.454. The molecule has 0 radical (unpaired) electrons. The number of nitrogens with one attached hydrogen (secondary N) is 2. The molecule has 1 aliphatic carbocycles. The minimum absolute atomic E-state index is 0.0929. The summed E-state index contributed by atoms with van der Waals surface area (Å²) in [4.78, 5) is 0. The molecule has 0 aromatic rings. The van der Waals surface area contributed by atoms with Crippen molar-refractivity contribution in [1.29, 1.82) is 0 Å². The van der Waals surface area contributed by atoms with Crippen molar-refractivity contribution in [2.45, 2.75) is 25.3 Å². The Balaban J connectivity index is 2.54. The smallest absolute Gasteiger partial charge is 0.322 e. The van der Waals surface area contributed by atoms with Crippen molar-refractivity contribution in [3.63, 3.8) is 0 Å². The number of fused-ring (bicyclic) bond motifs is 1. The van der Waals surface area contributed by atoms with Crippen molar-refractivity contribution in [1.82, 2.24) is 9.44 Å². The van der Waals surface area contributed by atoms with E-state index < -0.39 is 15.7 Å². The first-order chi connectivity index (χ1) is 7.88. The molecule has 1 unspecified atom stereocenters. The molecular formula is C10H16N4O2S.